The maximum Gasteiger partial charge on any atom is 0.224 e. The minimum atomic E-state index is 0.0515. The molecule has 0 aliphatic carbocycles. The third-order valence-corrected chi connectivity index (χ3v) is 4.81. The third-order valence-electron chi connectivity index (χ3n) is 4.81. The zero-order valence-corrected chi connectivity index (χ0v) is 15.7. The summed E-state index contributed by atoms with van der Waals surface area (Å²) in [6.45, 7) is 6.93. The first-order valence-corrected chi connectivity index (χ1v) is 9.29. The van der Waals surface area contributed by atoms with Gasteiger partial charge in [0.25, 0.3) is 0 Å². The lowest BCUT2D eigenvalue weighted by atomic mass is 9.92. The first kappa shape index (κ1) is 18.5. The van der Waals surface area contributed by atoms with Gasteiger partial charge in [0.05, 0.1) is 31.6 Å². The van der Waals surface area contributed by atoms with Crippen LogP contribution in [0, 0.1) is 0 Å². The first-order valence-electron chi connectivity index (χ1n) is 9.29. The smallest absolute Gasteiger partial charge is 0.224 e. The molecular formula is C20H27N3O3. The number of aliphatic hydroxyl groups is 1. The van der Waals surface area contributed by atoms with Crippen molar-refractivity contribution in [2.75, 3.05) is 18.1 Å². The summed E-state index contributed by atoms with van der Waals surface area (Å²) in [7, 11) is 0. The van der Waals surface area contributed by atoms with Gasteiger partial charge >= 0.3 is 0 Å². The quantitative estimate of drug-likeness (QED) is 0.863. The highest BCUT2D eigenvalue weighted by molar-refractivity contribution is 5.95. The van der Waals surface area contributed by atoms with Crippen LogP contribution in [0.1, 0.15) is 39.2 Å². The number of hydrogen-bond donors (Lipinski definition) is 1. The molecule has 140 valence electrons. The number of aliphatic hydroxyl groups excluding tert-OH is 1. The summed E-state index contributed by atoms with van der Waals surface area (Å²) in [5.41, 5.74) is 3.99. The van der Waals surface area contributed by atoms with Crippen LogP contribution in [-0.4, -0.2) is 40.0 Å². The second-order valence-corrected chi connectivity index (χ2v) is 6.78. The molecule has 6 heteroatoms. The molecular weight excluding hydrogens is 330 g/mol. The minimum Gasteiger partial charge on any atom is -0.493 e. The van der Waals surface area contributed by atoms with Crippen LogP contribution in [0.3, 0.4) is 0 Å². The van der Waals surface area contributed by atoms with Gasteiger partial charge in [-0.05, 0) is 38.3 Å². The van der Waals surface area contributed by atoms with E-state index in [1.807, 2.05) is 23.2 Å². The Morgan fingerprint density at radius 3 is 2.92 bits per heavy atom. The van der Waals surface area contributed by atoms with Gasteiger partial charge in [-0.25, -0.2) is 0 Å². The van der Waals surface area contributed by atoms with Crippen LogP contribution in [0.25, 0.3) is 11.1 Å². The van der Waals surface area contributed by atoms with Gasteiger partial charge in [-0.1, -0.05) is 6.92 Å². The average molecular weight is 357 g/mol. The highest BCUT2D eigenvalue weighted by atomic mass is 16.5. The van der Waals surface area contributed by atoms with E-state index < -0.39 is 0 Å². The van der Waals surface area contributed by atoms with Gasteiger partial charge in [0, 0.05) is 35.9 Å². The lowest BCUT2D eigenvalue weighted by Gasteiger charge is -2.36. The van der Waals surface area contributed by atoms with E-state index >= 15 is 0 Å². The number of nitrogens with zero attached hydrogens (tertiary/aromatic N) is 3. The molecule has 2 aromatic rings. The number of benzene rings is 1. The SMILES string of the molecule is CCCOc1c(-c2cnn(CCO)c2)ccc2c1CC[C@H](C)N2C(C)=O. The number of ether oxygens (including phenoxy) is 1. The highest BCUT2D eigenvalue weighted by Crippen LogP contribution is 2.43. The number of amides is 1. The minimum absolute atomic E-state index is 0.0515. The van der Waals surface area contributed by atoms with Crippen molar-refractivity contribution >= 4 is 11.6 Å². The largest absolute Gasteiger partial charge is 0.493 e. The molecule has 1 amide bonds. The predicted molar refractivity (Wildman–Crippen MR) is 101 cm³/mol. The zero-order chi connectivity index (χ0) is 18.7. The number of anilines is 1. The number of carbonyl (C=O) groups excluding carboxylic acids is 1. The van der Waals surface area contributed by atoms with E-state index in [2.05, 4.69) is 18.9 Å². The summed E-state index contributed by atoms with van der Waals surface area (Å²) in [6.07, 6.45) is 6.44. The first-order chi connectivity index (χ1) is 12.6. The Kier molecular flexibility index (Phi) is 5.61. The van der Waals surface area contributed by atoms with Gasteiger partial charge in [0.2, 0.25) is 5.91 Å². The number of aromatic nitrogens is 2. The molecule has 1 aliphatic rings. The summed E-state index contributed by atoms with van der Waals surface area (Å²) < 4.78 is 7.87. The van der Waals surface area contributed by atoms with E-state index in [4.69, 9.17) is 9.84 Å². The van der Waals surface area contributed by atoms with Crippen molar-refractivity contribution in [3.63, 3.8) is 0 Å². The van der Waals surface area contributed by atoms with Gasteiger partial charge in [0.1, 0.15) is 5.75 Å². The molecule has 0 spiro atoms. The maximum atomic E-state index is 12.2. The molecule has 26 heavy (non-hydrogen) atoms. The summed E-state index contributed by atoms with van der Waals surface area (Å²) in [5, 5.41) is 13.4. The Morgan fingerprint density at radius 2 is 2.23 bits per heavy atom. The Morgan fingerprint density at radius 1 is 1.42 bits per heavy atom. The number of fused-ring (bicyclic) bond motifs is 1. The van der Waals surface area contributed by atoms with E-state index in [0.717, 1.165) is 47.4 Å². The molecule has 0 radical (unpaired) electrons. The van der Waals surface area contributed by atoms with E-state index in [1.165, 1.54) is 0 Å². The van der Waals surface area contributed by atoms with Gasteiger partial charge < -0.3 is 14.7 Å². The molecule has 0 saturated heterocycles. The Labute approximate surface area is 154 Å². The summed E-state index contributed by atoms with van der Waals surface area (Å²) in [4.78, 5) is 14.0. The molecule has 0 unspecified atom stereocenters. The molecule has 1 N–H and O–H groups in total. The molecule has 1 aromatic heterocycles. The molecule has 0 fully saturated rings. The van der Waals surface area contributed by atoms with E-state index in [1.54, 1.807) is 17.8 Å². The molecule has 6 nitrogen and oxygen atoms in total. The maximum absolute atomic E-state index is 12.2. The molecule has 0 saturated carbocycles. The fourth-order valence-electron chi connectivity index (χ4n) is 3.61. The van der Waals surface area contributed by atoms with Crippen molar-refractivity contribution in [1.82, 2.24) is 9.78 Å². The van der Waals surface area contributed by atoms with E-state index in [0.29, 0.717) is 13.2 Å². The standard InChI is InChI=1S/C20H27N3O3/c1-4-11-26-20-17(16-12-21-22(13-16)9-10-24)7-8-19-18(20)6-5-14(2)23(19)15(3)25/h7-8,12-14,24H,4-6,9-11H2,1-3H3/t14-/m0/s1. The van der Waals surface area contributed by atoms with Crippen molar-refractivity contribution < 1.29 is 14.6 Å². The van der Waals surface area contributed by atoms with Crippen LogP contribution >= 0.6 is 0 Å². The van der Waals surface area contributed by atoms with Crippen molar-refractivity contribution in [1.29, 1.82) is 0 Å². The number of hydrogen-bond acceptors (Lipinski definition) is 4. The normalized spacial score (nSPS) is 16.5. The van der Waals surface area contributed by atoms with Crippen LogP contribution in [0.4, 0.5) is 5.69 Å². The topological polar surface area (TPSA) is 67.6 Å². The molecule has 1 atom stereocenters. The summed E-state index contributed by atoms with van der Waals surface area (Å²) in [5.74, 6) is 0.912. The molecule has 3 rings (SSSR count). The van der Waals surface area contributed by atoms with Crippen molar-refractivity contribution in [2.45, 2.75) is 52.6 Å². The third kappa shape index (κ3) is 3.46. The lowest BCUT2D eigenvalue weighted by molar-refractivity contribution is -0.117. The second-order valence-electron chi connectivity index (χ2n) is 6.78. The number of carbonyl (C=O) groups is 1. The fraction of sp³-hybridized carbons (Fsp3) is 0.500. The monoisotopic (exact) mass is 357 g/mol. The summed E-state index contributed by atoms with van der Waals surface area (Å²) >= 11 is 0. The van der Waals surface area contributed by atoms with Crippen molar-refractivity contribution in [3.8, 4) is 16.9 Å². The lowest BCUT2D eigenvalue weighted by Crippen LogP contribution is -2.40. The number of rotatable bonds is 6. The Hall–Kier alpha value is -2.34. The van der Waals surface area contributed by atoms with Gasteiger partial charge in [-0.15, -0.1) is 0 Å². The molecule has 0 bridgehead atoms. The van der Waals surface area contributed by atoms with Gasteiger partial charge in [-0.2, -0.15) is 5.10 Å². The molecule has 1 aliphatic heterocycles. The average Bonchev–Trinajstić information content (AvgIpc) is 3.07. The van der Waals surface area contributed by atoms with Gasteiger partial charge in [0.15, 0.2) is 0 Å². The van der Waals surface area contributed by atoms with E-state index in [-0.39, 0.29) is 18.6 Å². The second kappa shape index (κ2) is 7.91. The summed E-state index contributed by atoms with van der Waals surface area (Å²) in [6, 6.07) is 4.22. The molecule has 1 aromatic carbocycles. The Bertz CT molecular complexity index is 785. The molecule has 2 heterocycles. The van der Waals surface area contributed by atoms with E-state index in [9.17, 15) is 4.79 Å². The van der Waals surface area contributed by atoms with Crippen LogP contribution in [0.2, 0.25) is 0 Å². The van der Waals surface area contributed by atoms with Crippen molar-refractivity contribution in [2.24, 2.45) is 0 Å². The fourth-order valence-corrected chi connectivity index (χ4v) is 3.61. The zero-order valence-electron chi connectivity index (χ0n) is 15.7. The van der Waals surface area contributed by atoms with Crippen molar-refractivity contribution in [3.05, 3.63) is 30.1 Å². The highest BCUT2D eigenvalue weighted by Gasteiger charge is 2.29. The van der Waals surface area contributed by atoms with Crippen LogP contribution < -0.4 is 9.64 Å². The van der Waals surface area contributed by atoms with Crippen LogP contribution in [0.15, 0.2) is 24.5 Å². The predicted octanol–water partition coefficient (Wildman–Crippen LogP) is 3.02. The van der Waals surface area contributed by atoms with Crippen LogP contribution in [0.5, 0.6) is 5.75 Å². The van der Waals surface area contributed by atoms with Gasteiger partial charge in [-0.3, -0.25) is 9.48 Å². The van der Waals surface area contributed by atoms with Crippen LogP contribution in [-0.2, 0) is 17.8 Å². The Balaban J connectivity index is 2.09.